The molecule has 0 unspecified atom stereocenters. The Labute approximate surface area is 94.1 Å². The van der Waals surface area contributed by atoms with Gasteiger partial charge < -0.3 is 5.11 Å². The van der Waals surface area contributed by atoms with Crippen LogP contribution in [0.1, 0.15) is 31.2 Å². The van der Waals surface area contributed by atoms with Crippen LogP contribution in [0.4, 0.5) is 0 Å². The maximum atomic E-state index is 11.2. The zero-order valence-electron chi connectivity index (χ0n) is 9.06. The van der Waals surface area contributed by atoms with E-state index in [9.17, 15) is 10.1 Å². The topological polar surface area (TPSA) is 63.4 Å². The van der Waals surface area contributed by atoms with Gasteiger partial charge in [-0.05, 0) is 30.5 Å². The van der Waals surface area contributed by atoms with E-state index in [-0.39, 0.29) is 10.7 Å². The molecule has 0 atom stereocenters. The van der Waals surface area contributed by atoms with Crippen LogP contribution in [-0.2, 0) is 6.42 Å². The molecule has 0 bridgehead atoms. The van der Waals surface area contributed by atoms with Crippen molar-refractivity contribution in [2.45, 2.75) is 37.6 Å². The highest BCUT2D eigenvalue weighted by molar-refractivity contribution is 5.27. The van der Waals surface area contributed by atoms with Gasteiger partial charge in [-0.1, -0.05) is 12.1 Å². The van der Waals surface area contributed by atoms with Crippen molar-refractivity contribution < 1.29 is 10.0 Å². The summed E-state index contributed by atoms with van der Waals surface area (Å²) in [5.74, 6) is 0.199. The third kappa shape index (κ3) is 2.01. The summed E-state index contributed by atoms with van der Waals surface area (Å²) < 4.78 is 0. The number of hydrogen-bond acceptors (Lipinski definition) is 3. The second kappa shape index (κ2) is 4.12. The highest BCUT2D eigenvalue weighted by Gasteiger charge is 2.45. The van der Waals surface area contributed by atoms with Gasteiger partial charge in [-0.15, -0.1) is 0 Å². The Balaban J connectivity index is 2.18. The number of phenolic OH excluding ortho intramolecular Hbond substituents is 1. The highest BCUT2D eigenvalue weighted by Crippen LogP contribution is 2.35. The first kappa shape index (κ1) is 10.9. The molecule has 0 radical (unpaired) electrons. The van der Waals surface area contributed by atoms with Gasteiger partial charge in [0.2, 0.25) is 5.54 Å². The highest BCUT2D eigenvalue weighted by atomic mass is 16.6. The Morgan fingerprint density at radius 3 is 2.31 bits per heavy atom. The van der Waals surface area contributed by atoms with Crippen LogP contribution in [0.25, 0.3) is 0 Å². The van der Waals surface area contributed by atoms with Crippen molar-refractivity contribution in [3.63, 3.8) is 0 Å². The first-order valence-corrected chi connectivity index (χ1v) is 5.55. The summed E-state index contributed by atoms with van der Waals surface area (Å²) >= 11 is 0. The molecule has 1 aromatic carbocycles. The average Bonchev–Trinajstić information content (AvgIpc) is 2.71. The fourth-order valence-corrected chi connectivity index (χ4v) is 2.45. The zero-order valence-corrected chi connectivity index (χ0v) is 9.06. The maximum absolute atomic E-state index is 11.2. The van der Waals surface area contributed by atoms with E-state index in [1.807, 2.05) is 0 Å². The lowest BCUT2D eigenvalue weighted by molar-refractivity contribution is -0.568. The molecule has 0 saturated heterocycles. The second-order valence-electron chi connectivity index (χ2n) is 4.53. The lowest BCUT2D eigenvalue weighted by atomic mass is 9.90. The quantitative estimate of drug-likeness (QED) is 0.630. The molecule has 0 aromatic heterocycles. The zero-order chi connectivity index (χ0) is 11.6. The van der Waals surface area contributed by atoms with E-state index in [2.05, 4.69) is 0 Å². The van der Waals surface area contributed by atoms with Crippen LogP contribution in [0.15, 0.2) is 24.3 Å². The van der Waals surface area contributed by atoms with Gasteiger partial charge in [-0.3, -0.25) is 10.1 Å². The van der Waals surface area contributed by atoms with Crippen molar-refractivity contribution in [2.24, 2.45) is 0 Å². The van der Waals surface area contributed by atoms with Crippen molar-refractivity contribution in [1.82, 2.24) is 0 Å². The van der Waals surface area contributed by atoms with E-state index in [4.69, 9.17) is 5.11 Å². The fourth-order valence-electron chi connectivity index (χ4n) is 2.45. The number of nitro groups is 1. The van der Waals surface area contributed by atoms with Crippen molar-refractivity contribution in [3.05, 3.63) is 39.9 Å². The predicted octanol–water partition coefficient (Wildman–Crippen LogP) is 2.52. The monoisotopic (exact) mass is 221 g/mol. The Bertz CT molecular complexity index is 380. The fraction of sp³-hybridized carbons (Fsp3) is 0.500. The molecular weight excluding hydrogens is 206 g/mol. The molecule has 0 amide bonds. The summed E-state index contributed by atoms with van der Waals surface area (Å²) in [7, 11) is 0. The Hall–Kier alpha value is -1.58. The van der Waals surface area contributed by atoms with E-state index in [1.165, 1.54) is 0 Å². The largest absolute Gasteiger partial charge is 0.508 e. The summed E-state index contributed by atoms with van der Waals surface area (Å²) in [5.41, 5.74) is 0.160. The molecule has 1 N–H and O–H groups in total. The molecule has 0 aliphatic heterocycles. The van der Waals surface area contributed by atoms with Crippen molar-refractivity contribution in [2.75, 3.05) is 0 Å². The van der Waals surface area contributed by atoms with Crippen LogP contribution in [0.3, 0.4) is 0 Å². The first-order chi connectivity index (χ1) is 7.62. The van der Waals surface area contributed by atoms with E-state index >= 15 is 0 Å². The van der Waals surface area contributed by atoms with Crippen molar-refractivity contribution in [1.29, 1.82) is 0 Å². The van der Waals surface area contributed by atoms with Gasteiger partial charge in [0.15, 0.2) is 0 Å². The molecule has 2 rings (SSSR count). The third-order valence-corrected chi connectivity index (χ3v) is 3.39. The summed E-state index contributed by atoms with van der Waals surface area (Å²) in [6.07, 6.45) is 3.69. The van der Waals surface area contributed by atoms with Gasteiger partial charge in [-0.2, -0.15) is 0 Å². The summed E-state index contributed by atoms with van der Waals surface area (Å²) in [4.78, 5) is 11.0. The number of hydrogen-bond donors (Lipinski definition) is 1. The third-order valence-electron chi connectivity index (χ3n) is 3.39. The molecule has 4 nitrogen and oxygen atoms in total. The summed E-state index contributed by atoms with van der Waals surface area (Å²) in [5, 5.41) is 20.3. The molecule has 1 fully saturated rings. The van der Waals surface area contributed by atoms with Gasteiger partial charge >= 0.3 is 0 Å². The van der Waals surface area contributed by atoms with Gasteiger partial charge in [0.05, 0.1) is 0 Å². The minimum atomic E-state index is -0.767. The van der Waals surface area contributed by atoms with Crippen LogP contribution in [0.2, 0.25) is 0 Å². The van der Waals surface area contributed by atoms with Crippen LogP contribution in [0, 0.1) is 10.1 Å². The standard InChI is InChI=1S/C12H15NO3/c14-11-5-3-10(4-6-11)9-12(13(15)16)7-1-2-8-12/h3-6,14H,1-2,7-9H2. The molecule has 1 aliphatic rings. The molecule has 0 spiro atoms. The molecule has 1 aliphatic carbocycles. The lowest BCUT2D eigenvalue weighted by Gasteiger charge is -2.19. The SMILES string of the molecule is O=[N+]([O-])C1(Cc2ccc(O)cc2)CCCC1. The smallest absolute Gasteiger partial charge is 0.226 e. The number of benzene rings is 1. The van der Waals surface area contributed by atoms with Crippen molar-refractivity contribution in [3.8, 4) is 5.75 Å². The maximum Gasteiger partial charge on any atom is 0.226 e. The molecule has 0 heterocycles. The Kier molecular flexibility index (Phi) is 2.81. The minimum absolute atomic E-state index is 0.118. The van der Waals surface area contributed by atoms with Gasteiger partial charge in [0.25, 0.3) is 0 Å². The first-order valence-electron chi connectivity index (χ1n) is 5.55. The Morgan fingerprint density at radius 1 is 1.25 bits per heavy atom. The van der Waals surface area contributed by atoms with E-state index < -0.39 is 5.54 Å². The second-order valence-corrected chi connectivity index (χ2v) is 4.53. The van der Waals surface area contributed by atoms with E-state index in [0.29, 0.717) is 19.3 Å². The molecule has 4 heteroatoms. The van der Waals surface area contributed by atoms with Crippen LogP contribution < -0.4 is 0 Å². The van der Waals surface area contributed by atoms with Gasteiger partial charge in [0, 0.05) is 24.2 Å². The van der Waals surface area contributed by atoms with Crippen molar-refractivity contribution >= 4 is 0 Å². The molecule has 1 aromatic rings. The molecule has 86 valence electrons. The van der Waals surface area contributed by atoms with E-state index in [0.717, 1.165) is 18.4 Å². The number of rotatable bonds is 3. The molecular formula is C12H15NO3. The molecule has 16 heavy (non-hydrogen) atoms. The van der Waals surface area contributed by atoms with Crippen LogP contribution >= 0.6 is 0 Å². The number of phenols is 1. The molecule has 1 saturated carbocycles. The lowest BCUT2D eigenvalue weighted by Crippen LogP contribution is -2.37. The number of aromatic hydroxyl groups is 1. The number of nitrogens with zero attached hydrogens (tertiary/aromatic N) is 1. The van der Waals surface area contributed by atoms with Crippen LogP contribution in [-0.4, -0.2) is 15.6 Å². The van der Waals surface area contributed by atoms with Gasteiger partial charge in [-0.25, -0.2) is 0 Å². The normalized spacial score (nSPS) is 18.5. The van der Waals surface area contributed by atoms with Crippen LogP contribution in [0.5, 0.6) is 5.75 Å². The Morgan fingerprint density at radius 2 is 1.81 bits per heavy atom. The van der Waals surface area contributed by atoms with E-state index in [1.54, 1.807) is 24.3 Å². The summed E-state index contributed by atoms with van der Waals surface area (Å²) in [6.45, 7) is 0. The summed E-state index contributed by atoms with van der Waals surface area (Å²) in [6, 6.07) is 6.69. The average molecular weight is 221 g/mol. The van der Waals surface area contributed by atoms with Gasteiger partial charge in [0.1, 0.15) is 5.75 Å². The minimum Gasteiger partial charge on any atom is -0.508 e. The predicted molar refractivity (Wildman–Crippen MR) is 60.0 cm³/mol.